The molecule has 1 aliphatic rings. The van der Waals surface area contributed by atoms with Crippen molar-refractivity contribution in [3.05, 3.63) is 83.9 Å². The van der Waals surface area contributed by atoms with E-state index in [1.54, 1.807) is 0 Å². The van der Waals surface area contributed by atoms with E-state index < -0.39 is 0 Å². The molecule has 0 radical (unpaired) electrons. The second-order valence-electron chi connectivity index (χ2n) is 6.35. The molecule has 0 unspecified atom stereocenters. The van der Waals surface area contributed by atoms with Crippen molar-refractivity contribution in [1.82, 2.24) is 0 Å². The maximum Gasteiger partial charge on any atom is 0.0783 e. The third-order valence-electron chi connectivity index (χ3n) is 4.88. The second-order valence-corrected chi connectivity index (χ2v) is 6.35. The zero-order valence-corrected chi connectivity index (χ0v) is 13.9. The van der Waals surface area contributed by atoms with Gasteiger partial charge in [-0.25, -0.2) is 0 Å². The fourth-order valence-corrected chi connectivity index (χ4v) is 3.85. The number of allylic oxidation sites excluding steroid dienone is 1. The van der Waals surface area contributed by atoms with Crippen LogP contribution in [-0.2, 0) is 0 Å². The number of rotatable bonds is 5. The van der Waals surface area contributed by atoms with Crippen molar-refractivity contribution in [2.24, 2.45) is 10.9 Å². The normalized spacial score (nSPS) is 23.1. The van der Waals surface area contributed by atoms with Crippen molar-refractivity contribution < 1.29 is 0 Å². The largest absolute Gasteiger partial charge is 0.284 e. The van der Waals surface area contributed by atoms with Crippen LogP contribution in [0.15, 0.2) is 72.2 Å². The lowest BCUT2D eigenvalue weighted by Crippen LogP contribution is -2.19. The van der Waals surface area contributed by atoms with Gasteiger partial charge in [-0.2, -0.15) is 0 Å². The zero-order chi connectivity index (χ0) is 16.1. The molecule has 1 heteroatoms. The van der Waals surface area contributed by atoms with Gasteiger partial charge in [-0.15, -0.1) is 6.58 Å². The number of fused-ring (bicyclic) bond motifs is 1. The van der Waals surface area contributed by atoms with Gasteiger partial charge in [0.05, 0.1) is 6.04 Å². The highest BCUT2D eigenvalue weighted by Crippen LogP contribution is 2.44. The quantitative estimate of drug-likeness (QED) is 0.606. The lowest BCUT2D eigenvalue weighted by Gasteiger charge is -2.31. The van der Waals surface area contributed by atoms with E-state index in [9.17, 15) is 0 Å². The van der Waals surface area contributed by atoms with Crippen molar-refractivity contribution in [3.8, 4) is 0 Å². The monoisotopic (exact) mass is 303 g/mol. The van der Waals surface area contributed by atoms with Crippen LogP contribution in [0.3, 0.4) is 0 Å². The fraction of sp³-hybridized carbons (Fsp3) is 0.318. The summed E-state index contributed by atoms with van der Waals surface area (Å²) in [6.07, 6.45) is 7.52. The van der Waals surface area contributed by atoms with E-state index in [0.717, 1.165) is 6.42 Å². The first-order valence-electron chi connectivity index (χ1n) is 8.63. The summed E-state index contributed by atoms with van der Waals surface area (Å²) in [5.41, 5.74) is 4.01. The Bertz CT molecular complexity index is 671. The Morgan fingerprint density at radius 3 is 2.52 bits per heavy atom. The van der Waals surface area contributed by atoms with Gasteiger partial charge in [0.15, 0.2) is 0 Å². The molecule has 0 saturated heterocycles. The molecule has 2 aromatic carbocycles. The molecule has 0 bridgehead atoms. The molecule has 3 atom stereocenters. The molecule has 1 aliphatic heterocycles. The molecule has 118 valence electrons. The molecule has 0 aromatic heterocycles. The standard InChI is InChI=1S/C22H25N/c1-3-10-20-19-15-9-8-14-18(19)16-23-22(21(20)11-4-2)17-12-6-5-7-13-17/h3,5-9,12-16,20-22H,1,4,10-11H2,2H3/t20-,21+,22+/m1/s1. The van der Waals surface area contributed by atoms with Crippen LogP contribution in [-0.4, -0.2) is 6.21 Å². The molecule has 1 nitrogen and oxygen atoms in total. The summed E-state index contributed by atoms with van der Waals surface area (Å²) in [6, 6.07) is 19.7. The maximum atomic E-state index is 5.01. The van der Waals surface area contributed by atoms with Crippen LogP contribution in [0.4, 0.5) is 0 Å². The van der Waals surface area contributed by atoms with E-state index in [0.29, 0.717) is 11.8 Å². The molecule has 2 aromatic rings. The minimum absolute atomic E-state index is 0.230. The van der Waals surface area contributed by atoms with Crippen molar-refractivity contribution in [1.29, 1.82) is 0 Å². The van der Waals surface area contributed by atoms with E-state index in [1.165, 1.54) is 29.5 Å². The Morgan fingerprint density at radius 1 is 1.04 bits per heavy atom. The van der Waals surface area contributed by atoms with Crippen molar-refractivity contribution in [2.75, 3.05) is 0 Å². The first kappa shape index (κ1) is 15.7. The molecule has 0 fully saturated rings. The topological polar surface area (TPSA) is 12.4 Å². The molecule has 0 spiro atoms. The van der Waals surface area contributed by atoms with Gasteiger partial charge in [0.2, 0.25) is 0 Å². The van der Waals surface area contributed by atoms with Crippen LogP contribution in [0.1, 0.15) is 54.8 Å². The Hall–Kier alpha value is -2.15. The molecule has 23 heavy (non-hydrogen) atoms. The summed E-state index contributed by atoms with van der Waals surface area (Å²) >= 11 is 0. The first-order valence-corrected chi connectivity index (χ1v) is 8.63. The lowest BCUT2D eigenvalue weighted by atomic mass is 9.75. The number of hydrogen-bond acceptors (Lipinski definition) is 1. The Labute approximate surface area is 139 Å². The summed E-state index contributed by atoms with van der Waals surface area (Å²) in [7, 11) is 0. The van der Waals surface area contributed by atoms with Crippen LogP contribution in [0.5, 0.6) is 0 Å². The molecule has 0 aliphatic carbocycles. The summed E-state index contributed by atoms with van der Waals surface area (Å²) in [6.45, 7) is 6.28. The van der Waals surface area contributed by atoms with Gasteiger partial charge in [-0.1, -0.05) is 74.0 Å². The highest BCUT2D eigenvalue weighted by atomic mass is 14.8. The summed E-state index contributed by atoms with van der Waals surface area (Å²) in [5, 5.41) is 0. The fourth-order valence-electron chi connectivity index (χ4n) is 3.85. The summed E-state index contributed by atoms with van der Waals surface area (Å²) in [4.78, 5) is 5.01. The second kappa shape index (κ2) is 7.41. The zero-order valence-electron chi connectivity index (χ0n) is 13.9. The molecular formula is C22H25N. The SMILES string of the molecule is C=CC[C@@H]1c2ccccc2C=N[C@@H](c2ccccc2)[C@H]1CCC. The Balaban J connectivity index is 2.09. The molecular weight excluding hydrogens is 278 g/mol. The minimum Gasteiger partial charge on any atom is -0.284 e. The average molecular weight is 303 g/mol. The van der Waals surface area contributed by atoms with Crippen LogP contribution in [0, 0.1) is 5.92 Å². The minimum atomic E-state index is 0.230. The van der Waals surface area contributed by atoms with E-state index >= 15 is 0 Å². The van der Waals surface area contributed by atoms with Gasteiger partial charge in [0.25, 0.3) is 0 Å². The van der Waals surface area contributed by atoms with Crippen molar-refractivity contribution in [3.63, 3.8) is 0 Å². The molecule has 0 amide bonds. The number of nitrogens with zero attached hydrogens (tertiary/aromatic N) is 1. The summed E-state index contributed by atoms with van der Waals surface area (Å²) in [5.74, 6) is 0.997. The van der Waals surface area contributed by atoms with Crippen LogP contribution < -0.4 is 0 Å². The smallest absolute Gasteiger partial charge is 0.0783 e. The third-order valence-corrected chi connectivity index (χ3v) is 4.88. The van der Waals surface area contributed by atoms with Crippen molar-refractivity contribution in [2.45, 2.75) is 38.1 Å². The van der Waals surface area contributed by atoms with Gasteiger partial charge in [-0.3, -0.25) is 4.99 Å². The van der Waals surface area contributed by atoms with Gasteiger partial charge in [0.1, 0.15) is 0 Å². The molecule has 1 heterocycles. The maximum absolute atomic E-state index is 5.01. The van der Waals surface area contributed by atoms with E-state index in [-0.39, 0.29) is 6.04 Å². The number of aliphatic imine (C=N–C) groups is 1. The lowest BCUT2D eigenvalue weighted by molar-refractivity contribution is 0.334. The van der Waals surface area contributed by atoms with Crippen LogP contribution in [0.25, 0.3) is 0 Å². The van der Waals surface area contributed by atoms with Gasteiger partial charge < -0.3 is 0 Å². The molecule has 3 rings (SSSR count). The van der Waals surface area contributed by atoms with Crippen molar-refractivity contribution >= 4 is 6.21 Å². The van der Waals surface area contributed by atoms with E-state index in [4.69, 9.17) is 4.99 Å². The highest BCUT2D eigenvalue weighted by molar-refractivity contribution is 5.83. The predicted molar refractivity (Wildman–Crippen MR) is 99.2 cm³/mol. The van der Waals surface area contributed by atoms with Crippen LogP contribution in [0.2, 0.25) is 0 Å². The summed E-state index contributed by atoms with van der Waals surface area (Å²) < 4.78 is 0. The van der Waals surface area contributed by atoms with E-state index in [1.807, 2.05) is 0 Å². The Morgan fingerprint density at radius 2 is 1.78 bits per heavy atom. The van der Waals surface area contributed by atoms with Gasteiger partial charge in [-0.05, 0) is 41.4 Å². The number of benzene rings is 2. The Kier molecular flexibility index (Phi) is 5.07. The average Bonchev–Trinajstić information content (AvgIpc) is 2.75. The van der Waals surface area contributed by atoms with E-state index in [2.05, 4.69) is 80.4 Å². The number of hydrogen-bond donors (Lipinski definition) is 0. The van der Waals surface area contributed by atoms with Crippen LogP contribution >= 0.6 is 0 Å². The molecule has 0 saturated carbocycles. The highest BCUT2D eigenvalue weighted by Gasteiger charge is 2.32. The third kappa shape index (κ3) is 3.29. The predicted octanol–water partition coefficient (Wildman–Crippen LogP) is 5.94. The van der Waals surface area contributed by atoms with Gasteiger partial charge in [0, 0.05) is 6.21 Å². The molecule has 0 N–H and O–H groups in total. The van der Waals surface area contributed by atoms with Gasteiger partial charge >= 0.3 is 0 Å². The first-order chi connectivity index (χ1) is 11.3.